The molecular weight excluding hydrogens is 320 g/mol. The zero-order valence-electron chi connectivity index (χ0n) is 11.9. The van der Waals surface area contributed by atoms with Crippen molar-refractivity contribution in [1.29, 1.82) is 0 Å². The van der Waals surface area contributed by atoms with E-state index in [1.807, 2.05) is 29.2 Å². The molecule has 5 heteroatoms. The molecule has 0 aromatic heterocycles. The van der Waals surface area contributed by atoms with Gasteiger partial charge in [-0.2, -0.15) is 0 Å². The molecule has 1 aromatic rings. The van der Waals surface area contributed by atoms with Crippen molar-refractivity contribution in [2.45, 2.75) is 32.4 Å². The molecule has 0 saturated carbocycles. The van der Waals surface area contributed by atoms with E-state index in [0.29, 0.717) is 18.2 Å². The number of nitrogens with zero attached hydrogens (tertiary/aromatic N) is 1. The Morgan fingerprint density at radius 1 is 1.55 bits per heavy atom. The third kappa shape index (κ3) is 3.33. The van der Waals surface area contributed by atoms with E-state index in [4.69, 9.17) is 10.5 Å². The van der Waals surface area contributed by atoms with Crippen LogP contribution in [0, 0.1) is 5.92 Å². The van der Waals surface area contributed by atoms with Crippen molar-refractivity contribution in [3.8, 4) is 5.75 Å². The molecule has 2 rings (SSSR count). The van der Waals surface area contributed by atoms with Gasteiger partial charge in [-0.1, -0.05) is 12.1 Å². The SMILES string of the molecule is CC(Oc1ccccc1Br)C(=O)N1CC(CN)CC1C. The summed E-state index contributed by atoms with van der Waals surface area (Å²) >= 11 is 3.42. The van der Waals surface area contributed by atoms with Crippen LogP contribution in [-0.2, 0) is 4.79 Å². The Morgan fingerprint density at radius 2 is 2.25 bits per heavy atom. The molecule has 3 unspecified atom stereocenters. The van der Waals surface area contributed by atoms with Gasteiger partial charge in [-0.25, -0.2) is 0 Å². The van der Waals surface area contributed by atoms with Gasteiger partial charge >= 0.3 is 0 Å². The fourth-order valence-corrected chi connectivity index (χ4v) is 3.01. The molecule has 4 nitrogen and oxygen atoms in total. The highest BCUT2D eigenvalue weighted by Gasteiger charge is 2.34. The number of ether oxygens (including phenoxy) is 1. The Labute approximate surface area is 128 Å². The van der Waals surface area contributed by atoms with Crippen LogP contribution in [0.4, 0.5) is 0 Å². The molecule has 1 aliphatic rings. The first kappa shape index (κ1) is 15.3. The van der Waals surface area contributed by atoms with Crippen LogP contribution in [-0.4, -0.2) is 36.0 Å². The number of carbonyl (C=O) groups excluding carboxylic acids is 1. The van der Waals surface area contributed by atoms with E-state index < -0.39 is 6.10 Å². The van der Waals surface area contributed by atoms with Gasteiger partial charge in [0.1, 0.15) is 5.75 Å². The molecule has 20 heavy (non-hydrogen) atoms. The number of likely N-dealkylation sites (tertiary alicyclic amines) is 1. The normalized spacial score (nSPS) is 23.7. The molecule has 0 aliphatic carbocycles. The molecule has 1 fully saturated rings. The molecule has 1 amide bonds. The smallest absolute Gasteiger partial charge is 0.263 e. The highest BCUT2D eigenvalue weighted by molar-refractivity contribution is 9.10. The maximum absolute atomic E-state index is 12.5. The standard InChI is InChI=1S/C15H21BrN2O2/c1-10-7-12(8-17)9-18(10)15(19)11(2)20-14-6-4-3-5-13(14)16/h3-6,10-12H,7-9,17H2,1-2H3. The summed E-state index contributed by atoms with van der Waals surface area (Å²) in [7, 11) is 0. The first-order valence-electron chi connectivity index (χ1n) is 6.94. The summed E-state index contributed by atoms with van der Waals surface area (Å²) in [5.41, 5.74) is 5.70. The Balaban J connectivity index is 2.01. The predicted molar refractivity (Wildman–Crippen MR) is 82.6 cm³/mol. The van der Waals surface area contributed by atoms with Crippen molar-refractivity contribution in [3.63, 3.8) is 0 Å². The molecule has 1 saturated heterocycles. The van der Waals surface area contributed by atoms with Crippen molar-refractivity contribution in [2.75, 3.05) is 13.1 Å². The topological polar surface area (TPSA) is 55.6 Å². The number of rotatable bonds is 4. The van der Waals surface area contributed by atoms with Gasteiger partial charge in [0.05, 0.1) is 4.47 Å². The van der Waals surface area contributed by atoms with E-state index in [2.05, 4.69) is 22.9 Å². The lowest BCUT2D eigenvalue weighted by Gasteiger charge is -2.25. The fraction of sp³-hybridized carbons (Fsp3) is 0.533. The zero-order valence-corrected chi connectivity index (χ0v) is 13.5. The summed E-state index contributed by atoms with van der Waals surface area (Å²) in [6, 6.07) is 7.79. The minimum Gasteiger partial charge on any atom is -0.480 e. The monoisotopic (exact) mass is 340 g/mol. The van der Waals surface area contributed by atoms with Crippen molar-refractivity contribution < 1.29 is 9.53 Å². The Bertz CT molecular complexity index is 481. The van der Waals surface area contributed by atoms with Crippen LogP contribution in [0.25, 0.3) is 0 Å². The van der Waals surface area contributed by atoms with Crippen LogP contribution in [0.3, 0.4) is 0 Å². The molecule has 0 spiro atoms. The first-order valence-corrected chi connectivity index (χ1v) is 7.74. The molecule has 0 radical (unpaired) electrons. The molecule has 1 aromatic carbocycles. The van der Waals surface area contributed by atoms with Crippen molar-refractivity contribution in [2.24, 2.45) is 11.7 Å². The molecule has 1 heterocycles. The average Bonchev–Trinajstić information content (AvgIpc) is 2.81. The van der Waals surface area contributed by atoms with Crippen LogP contribution in [0.1, 0.15) is 20.3 Å². The number of carbonyl (C=O) groups is 1. The zero-order chi connectivity index (χ0) is 14.7. The highest BCUT2D eigenvalue weighted by atomic mass is 79.9. The van der Waals surface area contributed by atoms with E-state index in [1.165, 1.54) is 0 Å². The lowest BCUT2D eigenvalue weighted by molar-refractivity contribution is -0.138. The van der Waals surface area contributed by atoms with Crippen LogP contribution >= 0.6 is 15.9 Å². The molecule has 2 N–H and O–H groups in total. The fourth-order valence-electron chi connectivity index (χ4n) is 2.63. The quantitative estimate of drug-likeness (QED) is 0.915. The van der Waals surface area contributed by atoms with Crippen molar-refractivity contribution >= 4 is 21.8 Å². The second-order valence-corrected chi connectivity index (χ2v) is 6.22. The number of hydrogen-bond donors (Lipinski definition) is 1. The summed E-state index contributed by atoms with van der Waals surface area (Å²) in [5.74, 6) is 1.13. The maximum Gasteiger partial charge on any atom is 0.263 e. The average molecular weight is 341 g/mol. The lowest BCUT2D eigenvalue weighted by atomic mass is 10.1. The second-order valence-electron chi connectivity index (χ2n) is 5.37. The summed E-state index contributed by atoms with van der Waals surface area (Å²) < 4.78 is 6.62. The van der Waals surface area contributed by atoms with Gasteiger partial charge in [-0.05, 0) is 60.8 Å². The lowest BCUT2D eigenvalue weighted by Crippen LogP contribution is -2.42. The van der Waals surface area contributed by atoms with Crippen LogP contribution < -0.4 is 10.5 Å². The van der Waals surface area contributed by atoms with E-state index >= 15 is 0 Å². The Morgan fingerprint density at radius 3 is 2.85 bits per heavy atom. The minimum atomic E-state index is -0.493. The van der Waals surface area contributed by atoms with Crippen molar-refractivity contribution in [3.05, 3.63) is 28.7 Å². The number of nitrogens with two attached hydrogens (primary N) is 1. The Kier molecular flexibility index (Phi) is 5.05. The number of para-hydroxylation sites is 1. The summed E-state index contributed by atoms with van der Waals surface area (Å²) in [5, 5.41) is 0. The van der Waals surface area contributed by atoms with E-state index in [-0.39, 0.29) is 11.9 Å². The number of amides is 1. The maximum atomic E-state index is 12.5. The number of halogens is 1. The van der Waals surface area contributed by atoms with Crippen LogP contribution in [0.5, 0.6) is 5.75 Å². The molecule has 3 atom stereocenters. The predicted octanol–water partition coefficient (Wildman–Crippen LogP) is 2.41. The van der Waals surface area contributed by atoms with E-state index in [0.717, 1.165) is 17.4 Å². The third-order valence-corrected chi connectivity index (χ3v) is 4.42. The second kappa shape index (κ2) is 6.59. The van der Waals surface area contributed by atoms with E-state index in [9.17, 15) is 4.79 Å². The van der Waals surface area contributed by atoms with Gasteiger partial charge in [0.2, 0.25) is 0 Å². The van der Waals surface area contributed by atoms with Crippen molar-refractivity contribution in [1.82, 2.24) is 4.90 Å². The molecule has 1 aliphatic heterocycles. The largest absolute Gasteiger partial charge is 0.480 e. The summed E-state index contributed by atoms with van der Waals surface area (Å²) in [6.07, 6.45) is 0.483. The highest BCUT2D eigenvalue weighted by Crippen LogP contribution is 2.27. The molecule has 0 bridgehead atoms. The third-order valence-electron chi connectivity index (χ3n) is 3.77. The number of benzene rings is 1. The van der Waals surface area contributed by atoms with Gasteiger partial charge in [0.15, 0.2) is 6.10 Å². The minimum absolute atomic E-state index is 0.0317. The van der Waals surface area contributed by atoms with Gasteiger partial charge in [-0.3, -0.25) is 4.79 Å². The molecular formula is C15H21BrN2O2. The van der Waals surface area contributed by atoms with Gasteiger partial charge in [0, 0.05) is 12.6 Å². The van der Waals surface area contributed by atoms with E-state index in [1.54, 1.807) is 6.92 Å². The van der Waals surface area contributed by atoms with Gasteiger partial charge in [-0.15, -0.1) is 0 Å². The van der Waals surface area contributed by atoms with Gasteiger partial charge < -0.3 is 15.4 Å². The van der Waals surface area contributed by atoms with Crippen LogP contribution in [0.15, 0.2) is 28.7 Å². The molecule has 110 valence electrons. The Hall–Kier alpha value is -1.07. The summed E-state index contributed by atoms with van der Waals surface area (Å²) in [4.78, 5) is 14.4. The summed E-state index contributed by atoms with van der Waals surface area (Å²) in [6.45, 7) is 5.23. The van der Waals surface area contributed by atoms with Gasteiger partial charge in [0.25, 0.3) is 5.91 Å². The first-order chi connectivity index (χ1) is 9.52. The number of hydrogen-bond acceptors (Lipinski definition) is 3. The van der Waals surface area contributed by atoms with Crippen LogP contribution in [0.2, 0.25) is 0 Å².